The maximum Gasteiger partial charge on any atom is 0.421 e. The number of carbonyl (C=O) groups is 1. The van der Waals surface area contributed by atoms with Crippen molar-refractivity contribution in [1.29, 1.82) is 0 Å². The summed E-state index contributed by atoms with van der Waals surface area (Å²) in [5.74, 6) is 0. The van der Waals surface area contributed by atoms with Gasteiger partial charge in [-0.25, -0.2) is 17.9 Å². The number of hydrogen-bond acceptors (Lipinski definition) is 6. The number of benzene rings is 1. The van der Waals surface area contributed by atoms with Gasteiger partial charge in [0.05, 0.1) is 11.5 Å². The third kappa shape index (κ3) is 4.05. The SMILES string of the molecule is C=CCCOC(=O)NS(=O)(=O)c1ccccc1[N+](=O)[O-]. The van der Waals surface area contributed by atoms with Gasteiger partial charge in [0.1, 0.15) is 0 Å². The smallest absolute Gasteiger partial charge is 0.421 e. The molecule has 0 spiro atoms. The van der Waals surface area contributed by atoms with E-state index in [2.05, 4.69) is 11.3 Å². The Bertz CT molecular complexity index is 626. The minimum absolute atomic E-state index is 0.0399. The Morgan fingerprint density at radius 1 is 1.45 bits per heavy atom. The quantitative estimate of drug-likeness (QED) is 0.369. The van der Waals surface area contributed by atoms with Crippen molar-refractivity contribution in [3.05, 3.63) is 47.0 Å². The molecule has 0 bridgehead atoms. The summed E-state index contributed by atoms with van der Waals surface area (Å²) >= 11 is 0. The summed E-state index contributed by atoms with van der Waals surface area (Å²) in [6, 6.07) is 4.68. The van der Waals surface area contributed by atoms with Crippen LogP contribution in [0, 0.1) is 10.1 Å². The summed E-state index contributed by atoms with van der Waals surface area (Å²) in [5, 5.41) is 10.8. The van der Waals surface area contributed by atoms with Crippen LogP contribution in [0.25, 0.3) is 0 Å². The first-order valence-electron chi connectivity index (χ1n) is 5.42. The summed E-state index contributed by atoms with van der Waals surface area (Å²) in [5.41, 5.74) is -0.626. The monoisotopic (exact) mass is 300 g/mol. The molecular formula is C11H12N2O6S. The zero-order valence-corrected chi connectivity index (χ0v) is 11.1. The van der Waals surface area contributed by atoms with Crippen molar-refractivity contribution in [2.75, 3.05) is 6.61 Å². The van der Waals surface area contributed by atoms with Gasteiger partial charge in [0.15, 0.2) is 4.90 Å². The second-order valence-corrected chi connectivity index (χ2v) is 5.19. The molecule has 9 heteroatoms. The number of nitro groups is 1. The van der Waals surface area contributed by atoms with Crippen LogP contribution in [0.4, 0.5) is 10.5 Å². The molecule has 1 amide bonds. The van der Waals surface area contributed by atoms with Crippen LogP contribution in [0.5, 0.6) is 0 Å². The Labute approximate surface area is 115 Å². The number of nitro benzene ring substituents is 1. The van der Waals surface area contributed by atoms with Crippen LogP contribution in [0.15, 0.2) is 41.8 Å². The van der Waals surface area contributed by atoms with Gasteiger partial charge in [-0.1, -0.05) is 18.2 Å². The molecule has 8 nitrogen and oxygen atoms in total. The first-order chi connectivity index (χ1) is 9.38. The third-order valence-electron chi connectivity index (χ3n) is 2.12. The lowest BCUT2D eigenvalue weighted by Gasteiger charge is -2.07. The van der Waals surface area contributed by atoms with Crippen molar-refractivity contribution >= 4 is 21.8 Å². The predicted octanol–water partition coefficient (Wildman–Crippen LogP) is 1.59. The average Bonchev–Trinajstić information content (AvgIpc) is 2.38. The number of para-hydroxylation sites is 1. The van der Waals surface area contributed by atoms with Gasteiger partial charge in [-0.2, -0.15) is 0 Å². The number of hydrogen-bond donors (Lipinski definition) is 1. The van der Waals surface area contributed by atoms with Gasteiger partial charge in [-0.3, -0.25) is 10.1 Å². The van der Waals surface area contributed by atoms with E-state index in [1.54, 1.807) is 4.72 Å². The Hall–Kier alpha value is -2.42. The van der Waals surface area contributed by atoms with Crippen LogP contribution in [0.1, 0.15) is 6.42 Å². The largest absolute Gasteiger partial charge is 0.449 e. The Balaban J connectivity index is 2.92. The summed E-state index contributed by atoms with van der Waals surface area (Å²) in [7, 11) is -4.36. The number of nitrogens with zero attached hydrogens (tertiary/aromatic N) is 1. The molecule has 0 unspecified atom stereocenters. The zero-order valence-electron chi connectivity index (χ0n) is 10.3. The zero-order chi connectivity index (χ0) is 15.2. The lowest BCUT2D eigenvalue weighted by Crippen LogP contribution is -2.31. The lowest BCUT2D eigenvalue weighted by molar-refractivity contribution is -0.387. The maximum absolute atomic E-state index is 11.9. The summed E-state index contributed by atoms with van der Waals surface area (Å²) < 4.78 is 29.9. The van der Waals surface area contributed by atoms with Crippen molar-refractivity contribution in [3.63, 3.8) is 0 Å². The summed E-state index contributed by atoms with van der Waals surface area (Å²) in [6.07, 6.45) is 0.646. The second-order valence-electron chi connectivity index (χ2n) is 3.54. The van der Waals surface area contributed by atoms with Crippen LogP contribution in [-0.4, -0.2) is 26.0 Å². The third-order valence-corrected chi connectivity index (χ3v) is 3.48. The lowest BCUT2D eigenvalue weighted by atomic mass is 10.3. The number of amides is 1. The molecule has 1 rings (SSSR count). The van der Waals surface area contributed by atoms with Crippen molar-refractivity contribution in [2.45, 2.75) is 11.3 Å². The van der Waals surface area contributed by atoms with Crippen molar-refractivity contribution in [2.24, 2.45) is 0 Å². The number of ether oxygens (including phenoxy) is 1. The molecule has 1 aromatic rings. The molecule has 0 radical (unpaired) electrons. The highest BCUT2D eigenvalue weighted by molar-refractivity contribution is 7.90. The molecule has 0 heterocycles. The van der Waals surface area contributed by atoms with Crippen molar-refractivity contribution in [1.82, 2.24) is 4.72 Å². The molecule has 0 aromatic heterocycles. The predicted molar refractivity (Wildman–Crippen MR) is 69.6 cm³/mol. The fourth-order valence-corrected chi connectivity index (χ4v) is 2.33. The van der Waals surface area contributed by atoms with Crippen LogP contribution in [-0.2, 0) is 14.8 Å². The van der Waals surface area contributed by atoms with E-state index >= 15 is 0 Å². The summed E-state index contributed by atoms with van der Waals surface area (Å²) in [6.45, 7) is 3.37. The van der Waals surface area contributed by atoms with E-state index in [4.69, 9.17) is 0 Å². The topological polar surface area (TPSA) is 116 Å². The van der Waals surface area contributed by atoms with Crippen molar-refractivity contribution in [3.8, 4) is 0 Å². The molecule has 1 N–H and O–H groups in total. The van der Waals surface area contributed by atoms with E-state index in [1.165, 1.54) is 18.2 Å². The van der Waals surface area contributed by atoms with Crippen LogP contribution >= 0.6 is 0 Å². The molecule has 0 aliphatic carbocycles. The highest BCUT2D eigenvalue weighted by Crippen LogP contribution is 2.22. The fourth-order valence-electron chi connectivity index (χ4n) is 1.26. The molecule has 1 aromatic carbocycles. The minimum atomic E-state index is -4.36. The van der Waals surface area contributed by atoms with E-state index in [1.807, 2.05) is 0 Å². The normalized spacial score (nSPS) is 10.6. The Morgan fingerprint density at radius 3 is 2.70 bits per heavy atom. The number of carbonyl (C=O) groups excluding carboxylic acids is 1. The van der Waals surface area contributed by atoms with Gasteiger partial charge in [-0.05, 0) is 12.5 Å². The standard InChI is InChI=1S/C11H12N2O6S/c1-2-3-8-19-11(14)12-20(17,18)10-7-5-4-6-9(10)13(15)16/h2,4-7H,1,3,8H2,(H,12,14). The van der Waals surface area contributed by atoms with Crippen LogP contribution < -0.4 is 4.72 Å². The molecule has 0 saturated heterocycles. The van der Waals surface area contributed by atoms with Gasteiger partial charge < -0.3 is 4.74 Å². The minimum Gasteiger partial charge on any atom is -0.449 e. The maximum atomic E-state index is 11.9. The number of sulfonamides is 1. The highest BCUT2D eigenvalue weighted by Gasteiger charge is 2.27. The van der Waals surface area contributed by atoms with E-state index < -0.39 is 31.6 Å². The molecule has 0 saturated carbocycles. The van der Waals surface area contributed by atoms with Crippen molar-refractivity contribution < 1.29 is 22.9 Å². The average molecular weight is 300 g/mol. The van der Waals surface area contributed by atoms with E-state index in [0.717, 1.165) is 12.1 Å². The fraction of sp³-hybridized carbons (Fsp3) is 0.182. The van der Waals surface area contributed by atoms with Crippen LogP contribution in [0.2, 0.25) is 0 Å². The number of rotatable bonds is 6. The molecule has 0 aliphatic rings. The molecule has 0 aliphatic heterocycles. The summed E-state index contributed by atoms with van der Waals surface area (Å²) in [4.78, 5) is 20.6. The second kappa shape index (κ2) is 6.66. The number of nitrogens with one attached hydrogen (secondary N) is 1. The van der Waals surface area contributed by atoms with Gasteiger partial charge in [0, 0.05) is 6.07 Å². The van der Waals surface area contributed by atoms with Crippen LogP contribution in [0.3, 0.4) is 0 Å². The van der Waals surface area contributed by atoms with Gasteiger partial charge in [0.2, 0.25) is 0 Å². The van der Waals surface area contributed by atoms with E-state index in [9.17, 15) is 23.3 Å². The molecule has 0 fully saturated rings. The van der Waals surface area contributed by atoms with Gasteiger partial charge >= 0.3 is 6.09 Å². The first kappa shape index (κ1) is 15.6. The first-order valence-corrected chi connectivity index (χ1v) is 6.90. The van der Waals surface area contributed by atoms with Gasteiger partial charge in [-0.15, -0.1) is 6.58 Å². The molecule has 20 heavy (non-hydrogen) atoms. The molecular weight excluding hydrogens is 288 g/mol. The molecule has 108 valence electrons. The van der Waals surface area contributed by atoms with Gasteiger partial charge in [0.25, 0.3) is 15.7 Å². The van der Waals surface area contributed by atoms with E-state index in [0.29, 0.717) is 6.42 Å². The molecule has 0 atom stereocenters. The van der Waals surface area contributed by atoms with E-state index in [-0.39, 0.29) is 6.61 Å². The highest BCUT2D eigenvalue weighted by atomic mass is 32.2. The Kier molecular flexibility index (Phi) is 5.21. The Morgan fingerprint density at radius 2 is 2.10 bits per heavy atom.